The van der Waals surface area contributed by atoms with Gasteiger partial charge in [-0.2, -0.15) is 0 Å². The highest BCUT2D eigenvalue weighted by molar-refractivity contribution is 6.05. The zero-order valence-electron chi connectivity index (χ0n) is 16.3. The fourth-order valence-electron chi connectivity index (χ4n) is 3.01. The molecule has 30 heavy (non-hydrogen) atoms. The predicted octanol–water partition coefficient (Wildman–Crippen LogP) is 5.15. The minimum absolute atomic E-state index is 0.231. The Kier molecular flexibility index (Phi) is 5.39. The number of pyridine rings is 1. The number of carbonyl (C=O) groups excluding carboxylic acids is 2. The molecule has 0 bridgehead atoms. The number of aromatic nitrogens is 1. The Morgan fingerprint density at radius 1 is 0.767 bits per heavy atom. The first-order valence-electron chi connectivity index (χ1n) is 9.39. The van der Waals surface area contributed by atoms with Crippen molar-refractivity contribution in [3.05, 3.63) is 102 Å². The number of nitrogens with zero attached hydrogens (tertiary/aromatic N) is 1. The van der Waals surface area contributed by atoms with Crippen LogP contribution in [-0.2, 0) is 0 Å². The molecule has 0 aliphatic carbocycles. The number of rotatable bonds is 5. The van der Waals surface area contributed by atoms with E-state index in [0.29, 0.717) is 22.6 Å². The highest BCUT2D eigenvalue weighted by Gasteiger charge is 2.13. The van der Waals surface area contributed by atoms with E-state index in [1.165, 1.54) is 6.26 Å². The van der Waals surface area contributed by atoms with E-state index in [9.17, 15) is 9.59 Å². The quantitative estimate of drug-likeness (QED) is 0.487. The standard InChI is InChI=1S/C24H19N3O3/c1-16-20(13-14-21(25-16)17-6-3-2-4-7-17)23(28)26-18-9-11-19(12-10-18)27-24(29)22-8-5-15-30-22/h2-15H,1H3,(H,26,28)(H,27,29). The predicted molar refractivity (Wildman–Crippen MR) is 115 cm³/mol. The van der Waals surface area contributed by atoms with Crippen LogP contribution in [-0.4, -0.2) is 16.8 Å². The minimum atomic E-state index is -0.336. The molecular weight excluding hydrogens is 378 g/mol. The van der Waals surface area contributed by atoms with Crippen LogP contribution in [0.4, 0.5) is 11.4 Å². The third-order valence-electron chi connectivity index (χ3n) is 4.55. The monoisotopic (exact) mass is 397 g/mol. The number of amides is 2. The Morgan fingerprint density at radius 3 is 2.03 bits per heavy atom. The maximum Gasteiger partial charge on any atom is 0.291 e. The lowest BCUT2D eigenvalue weighted by Gasteiger charge is -2.10. The van der Waals surface area contributed by atoms with E-state index < -0.39 is 0 Å². The van der Waals surface area contributed by atoms with Gasteiger partial charge in [-0.1, -0.05) is 30.3 Å². The van der Waals surface area contributed by atoms with Gasteiger partial charge in [0.2, 0.25) is 0 Å². The topological polar surface area (TPSA) is 84.2 Å². The van der Waals surface area contributed by atoms with Crippen molar-refractivity contribution in [3.63, 3.8) is 0 Å². The molecule has 4 rings (SSSR count). The Labute approximate surface area is 173 Å². The van der Waals surface area contributed by atoms with E-state index in [1.807, 2.05) is 43.3 Å². The smallest absolute Gasteiger partial charge is 0.291 e. The Bertz CT molecular complexity index is 1170. The maximum atomic E-state index is 12.7. The molecule has 6 nitrogen and oxygen atoms in total. The highest BCUT2D eigenvalue weighted by Crippen LogP contribution is 2.20. The number of nitrogens with one attached hydrogen (secondary N) is 2. The average molecular weight is 397 g/mol. The first kappa shape index (κ1) is 19.1. The van der Waals surface area contributed by atoms with Crippen molar-refractivity contribution in [2.75, 3.05) is 10.6 Å². The van der Waals surface area contributed by atoms with E-state index in [2.05, 4.69) is 15.6 Å². The molecular formula is C24H19N3O3. The van der Waals surface area contributed by atoms with Gasteiger partial charge in [-0.05, 0) is 55.5 Å². The second-order valence-electron chi connectivity index (χ2n) is 6.66. The SMILES string of the molecule is Cc1nc(-c2ccccc2)ccc1C(=O)Nc1ccc(NC(=O)c2ccco2)cc1. The molecule has 2 N–H and O–H groups in total. The molecule has 2 aromatic carbocycles. The lowest BCUT2D eigenvalue weighted by Crippen LogP contribution is -2.14. The van der Waals surface area contributed by atoms with Crippen molar-refractivity contribution in [3.8, 4) is 11.3 Å². The molecule has 148 valence electrons. The van der Waals surface area contributed by atoms with Crippen molar-refractivity contribution in [1.82, 2.24) is 4.98 Å². The van der Waals surface area contributed by atoms with E-state index in [0.717, 1.165) is 11.3 Å². The number of anilines is 2. The van der Waals surface area contributed by atoms with Gasteiger partial charge >= 0.3 is 0 Å². The summed E-state index contributed by atoms with van der Waals surface area (Å²) >= 11 is 0. The molecule has 0 saturated heterocycles. The van der Waals surface area contributed by atoms with Crippen LogP contribution in [0, 0.1) is 6.92 Å². The summed E-state index contributed by atoms with van der Waals surface area (Å²) < 4.78 is 5.07. The van der Waals surface area contributed by atoms with E-state index in [4.69, 9.17) is 4.42 Å². The molecule has 0 fully saturated rings. The largest absolute Gasteiger partial charge is 0.459 e. The van der Waals surface area contributed by atoms with Gasteiger partial charge < -0.3 is 15.1 Å². The molecule has 0 atom stereocenters. The highest BCUT2D eigenvalue weighted by atomic mass is 16.3. The Balaban J connectivity index is 1.43. The molecule has 2 amide bonds. The second kappa shape index (κ2) is 8.45. The van der Waals surface area contributed by atoms with Gasteiger partial charge in [0.1, 0.15) is 0 Å². The molecule has 2 aromatic heterocycles. The lowest BCUT2D eigenvalue weighted by atomic mass is 10.1. The Hall–Kier alpha value is -4.19. The summed E-state index contributed by atoms with van der Waals surface area (Å²) in [6, 6.07) is 23.5. The summed E-state index contributed by atoms with van der Waals surface area (Å²) in [5.74, 6) is -0.349. The van der Waals surface area contributed by atoms with Crippen molar-refractivity contribution >= 4 is 23.2 Å². The Morgan fingerprint density at radius 2 is 1.43 bits per heavy atom. The van der Waals surface area contributed by atoms with Gasteiger partial charge in [-0.3, -0.25) is 14.6 Å². The van der Waals surface area contributed by atoms with Crippen LogP contribution in [0.2, 0.25) is 0 Å². The van der Waals surface area contributed by atoms with Gasteiger partial charge in [0.15, 0.2) is 5.76 Å². The van der Waals surface area contributed by atoms with Gasteiger partial charge in [-0.15, -0.1) is 0 Å². The minimum Gasteiger partial charge on any atom is -0.459 e. The fraction of sp³-hybridized carbons (Fsp3) is 0.0417. The third-order valence-corrected chi connectivity index (χ3v) is 4.55. The lowest BCUT2D eigenvalue weighted by molar-refractivity contribution is 0.0994. The van der Waals surface area contributed by atoms with Crippen molar-refractivity contribution < 1.29 is 14.0 Å². The summed E-state index contributed by atoms with van der Waals surface area (Å²) in [6.45, 7) is 1.81. The first-order chi connectivity index (χ1) is 14.6. The van der Waals surface area contributed by atoms with Crippen molar-refractivity contribution in [1.29, 1.82) is 0 Å². The van der Waals surface area contributed by atoms with Crippen LogP contribution in [0.3, 0.4) is 0 Å². The summed E-state index contributed by atoms with van der Waals surface area (Å²) in [5, 5.41) is 5.59. The van der Waals surface area contributed by atoms with Crippen LogP contribution < -0.4 is 10.6 Å². The summed E-state index contributed by atoms with van der Waals surface area (Å²) in [4.78, 5) is 29.2. The maximum absolute atomic E-state index is 12.7. The first-order valence-corrected chi connectivity index (χ1v) is 9.39. The summed E-state index contributed by atoms with van der Waals surface area (Å²) in [7, 11) is 0. The van der Waals surface area contributed by atoms with Crippen LogP contribution in [0.5, 0.6) is 0 Å². The number of benzene rings is 2. The second-order valence-corrected chi connectivity index (χ2v) is 6.66. The molecule has 2 heterocycles. The van der Waals surface area contributed by atoms with E-state index in [-0.39, 0.29) is 17.6 Å². The number of hydrogen-bond acceptors (Lipinski definition) is 4. The molecule has 4 aromatic rings. The van der Waals surface area contributed by atoms with Crippen LogP contribution in [0.1, 0.15) is 26.6 Å². The summed E-state index contributed by atoms with van der Waals surface area (Å²) in [6.07, 6.45) is 1.44. The zero-order valence-corrected chi connectivity index (χ0v) is 16.3. The third kappa shape index (κ3) is 4.28. The number of carbonyl (C=O) groups is 2. The summed E-state index contributed by atoms with van der Waals surface area (Å²) in [5.41, 5.74) is 4.18. The molecule has 0 radical (unpaired) electrons. The van der Waals surface area contributed by atoms with E-state index >= 15 is 0 Å². The van der Waals surface area contributed by atoms with Gasteiger partial charge in [0.05, 0.1) is 23.2 Å². The van der Waals surface area contributed by atoms with Crippen LogP contribution >= 0.6 is 0 Å². The average Bonchev–Trinajstić information content (AvgIpc) is 3.31. The molecule has 0 spiro atoms. The number of hydrogen-bond donors (Lipinski definition) is 2. The van der Waals surface area contributed by atoms with Crippen molar-refractivity contribution in [2.24, 2.45) is 0 Å². The van der Waals surface area contributed by atoms with Gasteiger partial charge in [0, 0.05) is 16.9 Å². The number of furan rings is 1. The van der Waals surface area contributed by atoms with E-state index in [1.54, 1.807) is 42.5 Å². The number of aryl methyl sites for hydroxylation is 1. The molecule has 0 aliphatic rings. The normalized spacial score (nSPS) is 10.4. The van der Waals surface area contributed by atoms with Crippen LogP contribution in [0.25, 0.3) is 11.3 Å². The van der Waals surface area contributed by atoms with Gasteiger partial charge in [-0.25, -0.2) is 0 Å². The molecule has 0 unspecified atom stereocenters. The molecule has 0 aliphatic heterocycles. The zero-order chi connectivity index (χ0) is 20.9. The molecule has 6 heteroatoms. The van der Waals surface area contributed by atoms with Gasteiger partial charge in [0.25, 0.3) is 11.8 Å². The van der Waals surface area contributed by atoms with Crippen molar-refractivity contribution in [2.45, 2.75) is 6.92 Å². The molecule has 0 saturated carbocycles. The fourth-order valence-corrected chi connectivity index (χ4v) is 3.01. The van der Waals surface area contributed by atoms with Crippen LogP contribution in [0.15, 0.2) is 89.5 Å².